The number of anilines is 4. The molecule has 0 unspecified atom stereocenters. The molecule has 0 radical (unpaired) electrons. The highest BCUT2D eigenvalue weighted by molar-refractivity contribution is 5.99. The van der Waals surface area contributed by atoms with E-state index in [-0.39, 0.29) is 18.3 Å². The van der Waals surface area contributed by atoms with E-state index in [1.165, 1.54) is 29.2 Å². The highest BCUT2D eigenvalue weighted by atomic mass is 19.1. The van der Waals surface area contributed by atoms with Gasteiger partial charge in [-0.2, -0.15) is 5.10 Å². The average Bonchev–Trinajstić information content (AvgIpc) is 3.21. The van der Waals surface area contributed by atoms with E-state index in [1.54, 1.807) is 36.7 Å². The minimum atomic E-state index is -0.656. The van der Waals surface area contributed by atoms with Gasteiger partial charge in [-0.3, -0.25) is 9.48 Å². The van der Waals surface area contributed by atoms with Crippen LogP contribution in [0.3, 0.4) is 0 Å². The lowest BCUT2D eigenvalue weighted by atomic mass is 10.1. The summed E-state index contributed by atoms with van der Waals surface area (Å²) in [4.78, 5) is 19.9. The van der Waals surface area contributed by atoms with Crippen LogP contribution in [0.25, 0.3) is 11.1 Å². The monoisotopic (exact) mass is 447 g/mol. The molecule has 0 atom stereocenters. The topological polar surface area (TPSA) is 111 Å². The number of rotatable bonds is 7. The third-order valence-electron chi connectivity index (χ3n) is 4.64. The van der Waals surface area contributed by atoms with Crippen LogP contribution >= 0.6 is 0 Å². The van der Waals surface area contributed by atoms with Gasteiger partial charge in [-0.05, 0) is 42.0 Å². The van der Waals surface area contributed by atoms with E-state index in [1.807, 2.05) is 0 Å². The Bertz CT molecular complexity index is 1320. The van der Waals surface area contributed by atoms with E-state index < -0.39 is 11.6 Å². The summed E-state index contributed by atoms with van der Waals surface area (Å²) in [5.41, 5.74) is 8.90. The molecule has 0 saturated carbocycles. The summed E-state index contributed by atoms with van der Waals surface area (Å²) < 4.78 is 28.5. The predicted molar refractivity (Wildman–Crippen MR) is 122 cm³/mol. The van der Waals surface area contributed by atoms with Crippen molar-refractivity contribution in [2.75, 3.05) is 16.4 Å². The highest BCUT2D eigenvalue weighted by Crippen LogP contribution is 2.32. The SMILES string of the molecule is C=CC(=O)Nc1cccc(Nc2ncnc(N)c2-c2cnn(Cc3cc(F)cc(F)c3)c2)c1. The third-order valence-corrected chi connectivity index (χ3v) is 4.64. The second kappa shape index (κ2) is 9.27. The normalized spacial score (nSPS) is 10.6. The number of nitrogens with zero attached hydrogens (tertiary/aromatic N) is 4. The summed E-state index contributed by atoms with van der Waals surface area (Å²) in [6.07, 6.45) is 5.75. The third kappa shape index (κ3) is 5.18. The van der Waals surface area contributed by atoms with Crippen molar-refractivity contribution in [2.24, 2.45) is 0 Å². The molecule has 4 aromatic rings. The van der Waals surface area contributed by atoms with Gasteiger partial charge in [0.1, 0.15) is 29.6 Å². The first-order valence-corrected chi connectivity index (χ1v) is 9.80. The second-order valence-electron chi connectivity index (χ2n) is 7.09. The summed E-state index contributed by atoms with van der Waals surface area (Å²) in [6.45, 7) is 3.60. The molecule has 0 aliphatic heterocycles. The summed E-state index contributed by atoms with van der Waals surface area (Å²) in [6, 6.07) is 10.3. The van der Waals surface area contributed by atoms with Gasteiger partial charge in [-0.1, -0.05) is 12.6 Å². The Balaban J connectivity index is 1.61. The summed E-state index contributed by atoms with van der Waals surface area (Å²) >= 11 is 0. The number of aromatic nitrogens is 4. The molecule has 0 bridgehead atoms. The van der Waals surface area contributed by atoms with E-state index in [2.05, 4.69) is 32.3 Å². The van der Waals surface area contributed by atoms with Crippen LogP contribution in [0.4, 0.5) is 31.8 Å². The lowest BCUT2D eigenvalue weighted by Crippen LogP contribution is -2.07. The Hall–Kier alpha value is -4.60. The van der Waals surface area contributed by atoms with Crippen LogP contribution in [-0.2, 0) is 11.3 Å². The fourth-order valence-corrected chi connectivity index (χ4v) is 3.25. The first kappa shape index (κ1) is 21.6. The van der Waals surface area contributed by atoms with Crippen molar-refractivity contribution in [1.29, 1.82) is 0 Å². The Morgan fingerprint density at radius 1 is 1.12 bits per heavy atom. The predicted octanol–water partition coefficient (Wildman–Crippen LogP) is 4.12. The zero-order valence-corrected chi connectivity index (χ0v) is 17.3. The van der Waals surface area contributed by atoms with Crippen LogP contribution in [0, 0.1) is 11.6 Å². The molecule has 0 saturated heterocycles. The molecule has 1 amide bonds. The zero-order chi connectivity index (χ0) is 23.4. The minimum Gasteiger partial charge on any atom is -0.383 e. The molecule has 0 aliphatic carbocycles. The maximum atomic E-state index is 13.5. The van der Waals surface area contributed by atoms with Gasteiger partial charge in [0.05, 0.1) is 18.3 Å². The van der Waals surface area contributed by atoms with Crippen LogP contribution in [0.1, 0.15) is 5.56 Å². The molecular formula is C23H19F2N7O. The number of nitrogens with one attached hydrogen (secondary N) is 2. The molecule has 0 fully saturated rings. The number of hydrogen-bond acceptors (Lipinski definition) is 6. The number of nitrogen functional groups attached to an aromatic ring is 1. The quantitative estimate of drug-likeness (QED) is 0.368. The zero-order valence-electron chi connectivity index (χ0n) is 17.3. The van der Waals surface area contributed by atoms with E-state index in [0.29, 0.717) is 33.9 Å². The van der Waals surface area contributed by atoms with Gasteiger partial charge in [0.25, 0.3) is 0 Å². The molecule has 4 N–H and O–H groups in total. The Labute approximate surface area is 187 Å². The lowest BCUT2D eigenvalue weighted by Gasteiger charge is -2.12. The van der Waals surface area contributed by atoms with Gasteiger partial charge in [0, 0.05) is 29.2 Å². The second-order valence-corrected chi connectivity index (χ2v) is 7.09. The van der Waals surface area contributed by atoms with Crippen molar-refractivity contribution < 1.29 is 13.6 Å². The van der Waals surface area contributed by atoms with Crippen molar-refractivity contribution in [2.45, 2.75) is 6.54 Å². The molecular weight excluding hydrogens is 428 g/mol. The fraction of sp³-hybridized carbons (Fsp3) is 0.0435. The highest BCUT2D eigenvalue weighted by Gasteiger charge is 2.15. The largest absolute Gasteiger partial charge is 0.383 e. The van der Waals surface area contributed by atoms with Crippen LogP contribution in [0.2, 0.25) is 0 Å². The van der Waals surface area contributed by atoms with Crippen molar-refractivity contribution in [3.8, 4) is 11.1 Å². The Morgan fingerprint density at radius 2 is 1.88 bits per heavy atom. The summed E-state index contributed by atoms with van der Waals surface area (Å²) in [5, 5.41) is 10.1. The van der Waals surface area contributed by atoms with Gasteiger partial charge in [0.2, 0.25) is 5.91 Å². The van der Waals surface area contributed by atoms with Crippen LogP contribution in [0.15, 0.2) is 73.8 Å². The minimum absolute atomic E-state index is 0.163. The van der Waals surface area contributed by atoms with Crippen LogP contribution in [-0.4, -0.2) is 25.7 Å². The van der Waals surface area contributed by atoms with E-state index in [0.717, 1.165) is 6.07 Å². The van der Waals surface area contributed by atoms with Gasteiger partial charge < -0.3 is 16.4 Å². The maximum Gasteiger partial charge on any atom is 0.247 e. The van der Waals surface area contributed by atoms with Gasteiger partial charge in [-0.15, -0.1) is 0 Å². The summed E-state index contributed by atoms with van der Waals surface area (Å²) in [7, 11) is 0. The smallest absolute Gasteiger partial charge is 0.247 e. The maximum absolute atomic E-state index is 13.5. The molecule has 0 aliphatic rings. The van der Waals surface area contributed by atoms with Crippen molar-refractivity contribution in [3.63, 3.8) is 0 Å². The number of halogens is 2. The average molecular weight is 447 g/mol. The number of nitrogens with two attached hydrogens (primary N) is 1. The molecule has 2 heterocycles. The number of benzene rings is 2. The molecule has 2 aromatic heterocycles. The lowest BCUT2D eigenvalue weighted by molar-refractivity contribution is -0.111. The van der Waals surface area contributed by atoms with Crippen molar-refractivity contribution in [3.05, 3.63) is 91.0 Å². The molecule has 4 rings (SSSR count). The summed E-state index contributed by atoms with van der Waals surface area (Å²) in [5.74, 6) is -0.997. The van der Waals surface area contributed by atoms with E-state index >= 15 is 0 Å². The van der Waals surface area contributed by atoms with Crippen LogP contribution < -0.4 is 16.4 Å². The van der Waals surface area contributed by atoms with Crippen molar-refractivity contribution in [1.82, 2.24) is 19.7 Å². The first-order chi connectivity index (χ1) is 15.9. The first-order valence-electron chi connectivity index (χ1n) is 9.80. The number of carbonyl (C=O) groups excluding carboxylic acids is 1. The van der Waals surface area contributed by atoms with E-state index in [4.69, 9.17) is 5.73 Å². The molecule has 10 heteroatoms. The number of amides is 1. The van der Waals surface area contributed by atoms with Crippen LogP contribution in [0.5, 0.6) is 0 Å². The fourth-order valence-electron chi connectivity index (χ4n) is 3.25. The molecule has 33 heavy (non-hydrogen) atoms. The number of carbonyl (C=O) groups is 1. The molecule has 166 valence electrons. The van der Waals surface area contributed by atoms with Gasteiger partial charge in [0.15, 0.2) is 0 Å². The number of hydrogen-bond donors (Lipinski definition) is 3. The van der Waals surface area contributed by atoms with Gasteiger partial charge in [-0.25, -0.2) is 18.7 Å². The molecule has 0 spiro atoms. The molecule has 8 nitrogen and oxygen atoms in total. The molecule has 2 aromatic carbocycles. The Kier molecular flexibility index (Phi) is 6.07. The Morgan fingerprint density at radius 3 is 2.64 bits per heavy atom. The van der Waals surface area contributed by atoms with E-state index in [9.17, 15) is 13.6 Å². The standard InChI is InChI=1S/C23H19F2N7O/c1-2-20(33)30-18-4-3-5-19(9-18)31-23-21(22(26)27-13-28-23)15-10-29-32(12-15)11-14-6-16(24)8-17(25)7-14/h2-10,12-13H,1,11H2,(H,30,33)(H3,26,27,28,31). The van der Waals surface area contributed by atoms with Crippen molar-refractivity contribution >= 4 is 28.9 Å². The van der Waals surface area contributed by atoms with Gasteiger partial charge >= 0.3 is 0 Å².